The molecule has 1 fully saturated rings. The maximum Gasteiger partial charge on any atom is 0.253 e. The van der Waals surface area contributed by atoms with Gasteiger partial charge in [0.05, 0.1) is 5.02 Å². The Bertz CT molecular complexity index is 408. The van der Waals surface area contributed by atoms with Gasteiger partial charge in [-0.1, -0.05) is 11.6 Å². The van der Waals surface area contributed by atoms with Gasteiger partial charge in [0.15, 0.2) is 0 Å². The van der Waals surface area contributed by atoms with Gasteiger partial charge in [-0.15, -0.1) is 12.4 Å². The van der Waals surface area contributed by atoms with Crippen molar-refractivity contribution in [2.24, 2.45) is 0 Å². The lowest BCUT2D eigenvalue weighted by Crippen LogP contribution is -2.46. The summed E-state index contributed by atoms with van der Waals surface area (Å²) >= 11 is 8.16. The van der Waals surface area contributed by atoms with Crippen LogP contribution in [0.25, 0.3) is 0 Å². The van der Waals surface area contributed by atoms with Crippen molar-refractivity contribution in [3.8, 4) is 0 Å². The Labute approximate surface area is 125 Å². The third-order valence-electron chi connectivity index (χ3n) is 2.57. The number of halogens is 3. The number of hydrogen-bond acceptors (Lipinski definition) is 2. The van der Waals surface area contributed by atoms with Crippen LogP contribution in [0.2, 0.25) is 5.02 Å². The summed E-state index contributed by atoms with van der Waals surface area (Å²) in [5, 5.41) is 3.86. The van der Waals surface area contributed by atoms with Crippen LogP contribution in [0.15, 0.2) is 18.2 Å². The molecule has 0 unspecified atom stereocenters. The topological polar surface area (TPSA) is 32.3 Å². The Kier molecular flexibility index (Phi) is 5.99. The standard InChI is InChI=1S/C11H12ClIN2O.ClH/c12-9-7-8(1-2-10(9)13)11(16)15-5-3-14-4-6-15;/h1-2,7,14H,3-6H2;1H. The molecule has 1 saturated heterocycles. The van der Waals surface area contributed by atoms with Crippen molar-refractivity contribution in [3.63, 3.8) is 0 Å². The van der Waals surface area contributed by atoms with Crippen LogP contribution in [0.1, 0.15) is 10.4 Å². The molecule has 0 bridgehead atoms. The first kappa shape index (κ1) is 15.0. The van der Waals surface area contributed by atoms with Crippen LogP contribution >= 0.6 is 46.6 Å². The number of carbonyl (C=O) groups excluding carboxylic acids is 1. The molecule has 0 saturated carbocycles. The molecule has 1 aromatic carbocycles. The van der Waals surface area contributed by atoms with E-state index in [9.17, 15) is 4.79 Å². The molecule has 0 aromatic heterocycles. The normalized spacial score (nSPS) is 15.3. The first-order chi connectivity index (χ1) is 7.68. The van der Waals surface area contributed by atoms with Gasteiger partial charge in [-0.25, -0.2) is 0 Å². The number of benzene rings is 1. The van der Waals surface area contributed by atoms with Crippen LogP contribution in [0, 0.1) is 3.57 Å². The average Bonchev–Trinajstić information content (AvgIpc) is 2.33. The van der Waals surface area contributed by atoms with Gasteiger partial charge in [-0.3, -0.25) is 4.79 Å². The molecule has 3 nitrogen and oxygen atoms in total. The number of piperazine rings is 1. The maximum absolute atomic E-state index is 12.1. The summed E-state index contributed by atoms with van der Waals surface area (Å²) in [6.07, 6.45) is 0. The number of nitrogens with one attached hydrogen (secondary N) is 1. The van der Waals surface area contributed by atoms with E-state index in [0.717, 1.165) is 29.7 Å². The fraction of sp³-hybridized carbons (Fsp3) is 0.364. The van der Waals surface area contributed by atoms with Gasteiger partial charge >= 0.3 is 0 Å². The van der Waals surface area contributed by atoms with Gasteiger partial charge in [0, 0.05) is 35.3 Å². The lowest BCUT2D eigenvalue weighted by Gasteiger charge is -2.27. The number of nitrogens with zero attached hydrogens (tertiary/aromatic N) is 1. The Morgan fingerprint density at radius 1 is 1.35 bits per heavy atom. The number of carbonyl (C=O) groups is 1. The van der Waals surface area contributed by atoms with Crippen molar-refractivity contribution < 1.29 is 4.79 Å². The van der Waals surface area contributed by atoms with E-state index in [1.807, 2.05) is 17.0 Å². The highest BCUT2D eigenvalue weighted by Gasteiger charge is 2.18. The second-order valence-corrected chi connectivity index (χ2v) is 5.24. The van der Waals surface area contributed by atoms with Crippen molar-refractivity contribution >= 4 is 52.5 Å². The molecular formula is C11H13Cl2IN2O. The Hall–Kier alpha value is -0.0400. The van der Waals surface area contributed by atoms with Crippen LogP contribution in [0.5, 0.6) is 0 Å². The minimum Gasteiger partial charge on any atom is -0.336 e. The van der Waals surface area contributed by atoms with Gasteiger partial charge in [0.2, 0.25) is 0 Å². The maximum atomic E-state index is 12.1. The smallest absolute Gasteiger partial charge is 0.253 e. The zero-order valence-corrected chi connectivity index (χ0v) is 12.8. The van der Waals surface area contributed by atoms with Crippen LogP contribution in [-0.2, 0) is 0 Å². The lowest BCUT2D eigenvalue weighted by atomic mass is 10.2. The molecule has 0 spiro atoms. The second kappa shape index (κ2) is 6.78. The van der Waals surface area contributed by atoms with E-state index in [1.54, 1.807) is 6.07 Å². The molecule has 1 aromatic rings. The molecule has 94 valence electrons. The summed E-state index contributed by atoms with van der Waals surface area (Å²) in [7, 11) is 0. The molecule has 1 amide bonds. The van der Waals surface area contributed by atoms with E-state index >= 15 is 0 Å². The average molecular weight is 387 g/mol. The van der Waals surface area contributed by atoms with E-state index in [4.69, 9.17) is 11.6 Å². The fourth-order valence-corrected chi connectivity index (χ4v) is 2.20. The Morgan fingerprint density at radius 3 is 2.59 bits per heavy atom. The molecule has 1 aliphatic heterocycles. The molecule has 0 aliphatic carbocycles. The minimum atomic E-state index is 0. The highest BCUT2D eigenvalue weighted by Crippen LogP contribution is 2.20. The monoisotopic (exact) mass is 386 g/mol. The highest BCUT2D eigenvalue weighted by atomic mass is 127. The molecule has 0 radical (unpaired) electrons. The lowest BCUT2D eigenvalue weighted by molar-refractivity contribution is 0.0736. The largest absolute Gasteiger partial charge is 0.336 e. The minimum absolute atomic E-state index is 0. The third-order valence-corrected chi connectivity index (χ3v) is 4.14. The van der Waals surface area contributed by atoms with E-state index in [2.05, 4.69) is 27.9 Å². The fourth-order valence-electron chi connectivity index (χ4n) is 1.68. The summed E-state index contributed by atoms with van der Waals surface area (Å²) in [6.45, 7) is 3.26. The van der Waals surface area contributed by atoms with Crippen LogP contribution in [-0.4, -0.2) is 37.0 Å². The second-order valence-electron chi connectivity index (χ2n) is 3.67. The van der Waals surface area contributed by atoms with Gasteiger partial charge in [-0.05, 0) is 40.8 Å². The molecule has 2 rings (SSSR count). The van der Waals surface area contributed by atoms with Gasteiger partial charge < -0.3 is 10.2 Å². The third kappa shape index (κ3) is 3.71. The summed E-state index contributed by atoms with van der Waals surface area (Å²) in [5.74, 6) is 0.0693. The van der Waals surface area contributed by atoms with Crippen molar-refractivity contribution in [2.75, 3.05) is 26.2 Å². The van der Waals surface area contributed by atoms with Gasteiger partial charge in [-0.2, -0.15) is 0 Å². The first-order valence-corrected chi connectivity index (χ1v) is 6.59. The van der Waals surface area contributed by atoms with Crippen LogP contribution in [0.4, 0.5) is 0 Å². The van der Waals surface area contributed by atoms with E-state index in [-0.39, 0.29) is 18.3 Å². The highest BCUT2D eigenvalue weighted by molar-refractivity contribution is 14.1. The van der Waals surface area contributed by atoms with Crippen molar-refractivity contribution in [3.05, 3.63) is 32.4 Å². The van der Waals surface area contributed by atoms with E-state index in [0.29, 0.717) is 10.6 Å². The summed E-state index contributed by atoms with van der Waals surface area (Å²) in [5.41, 5.74) is 0.673. The Balaban J connectivity index is 0.00000144. The quantitative estimate of drug-likeness (QED) is 0.751. The summed E-state index contributed by atoms with van der Waals surface area (Å²) in [6, 6.07) is 5.45. The molecule has 1 aliphatic rings. The van der Waals surface area contributed by atoms with Gasteiger partial charge in [0.25, 0.3) is 5.91 Å². The number of rotatable bonds is 1. The number of hydrogen-bond donors (Lipinski definition) is 1. The zero-order chi connectivity index (χ0) is 11.5. The molecular weight excluding hydrogens is 374 g/mol. The zero-order valence-electron chi connectivity index (χ0n) is 9.08. The Morgan fingerprint density at radius 2 is 2.00 bits per heavy atom. The first-order valence-electron chi connectivity index (χ1n) is 5.13. The van der Waals surface area contributed by atoms with Crippen molar-refractivity contribution in [2.45, 2.75) is 0 Å². The van der Waals surface area contributed by atoms with Crippen molar-refractivity contribution in [1.82, 2.24) is 10.2 Å². The summed E-state index contributed by atoms with van der Waals surface area (Å²) < 4.78 is 0.969. The predicted octanol–water partition coefficient (Wildman–Crippen LogP) is 2.41. The SMILES string of the molecule is Cl.O=C(c1ccc(I)c(Cl)c1)N1CCNCC1. The van der Waals surface area contributed by atoms with Crippen molar-refractivity contribution in [1.29, 1.82) is 0 Å². The molecule has 1 N–H and O–H groups in total. The molecule has 6 heteroatoms. The predicted molar refractivity (Wildman–Crippen MR) is 80.2 cm³/mol. The van der Waals surface area contributed by atoms with Gasteiger partial charge in [0.1, 0.15) is 0 Å². The number of amides is 1. The molecule has 1 heterocycles. The van der Waals surface area contributed by atoms with Crippen LogP contribution in [0.3, 0.4) is 0 Å². The van der Waals surface area contributed by atoms with Crippen LogP contribution < -0.4 is 5.32 Å². The summed E-state index contributed by atoms with van der Waals surface area (Å²) in [4.78, 5) is 14.0. The molecule has 17 heavy (non-hydrogen) atoms. The van der Waals surface area contributed by atoms with E-state index < -0.39 is 0 Å². The van der Waals surface area contributed by atoms with E-state index in [1.165, 1.54) is 0 Å². The molecule has 0 atom stereocenters.